The Balaban J connectivity index is 2.02. The molecule has 18 heavy (non-hydrogen) atoms. The lowest BCUT2D eigenvalue weighted by molar-refractivity contribution is 0.0973. The molecule has 90 valence electrons. The van der Waals surface area contributed by atoms with Crippen molar-refractivity contribution in [1.82, 2.24) is 0 Å². The lowest BCUT2D eigenvalue weighted by Crippen LogP contribution is -2.07. The molecule has 4 N–H and O–H groups in total. The number of anilines is 2. The summed E-state index contributed by atoms with van der Waals surface area (Å²) in [5, 5.41) is 0. The standard InChI is InChI=1S/C15H14N2O/c16-11-3-1-2-9(6-11)13-7-10-4-5-12(17)8-14(10)15(13)18/h1-6,8,13H,7,16-17H2. The number of Topliss-reactive ketones (excluding diaryl/α,β-unsaturated/α-hetero) is 1. The summed E-state index contributed by atoms with van der Waals surface area (Å²) >= 11 is 0. The van der Waals surface area contributed by atoms with Gasteiger partial charge in [-0.05, 0) is 41.8 Å². The molecule has 0 spiro atoms. The molecule has 0 amide bonds. The van der Waals surface area contributed by atoms with Crippen LogP contribution in [0.25, 0.3) is 0 Å². The molecular weight excluding hydrogens is 224 g/mol. The van der Waals surface area contributed by atoms with Crippen molar-refractivity contribution in [2.45, 2.75) is 12.3 Å². The molecule has 2 aromatic rings. The number of benzene rings is 2. The summed E-state index contributed by atoms with van der Waals surface area (Å²) in [6.07, 6.45) is 0.734. The van der Waals surface area contributed by atoms with Crippen LogP contribution in [0.2, 0.25) is 0 Å². The molecule has 3 nitrogen and oxygen atoms in total. The number of carbonyl (C=O) groups is 1. The van der Waals surface area contributed by atoms with Gasteiger partial charge in [-0.25, -0.2) is 0 Å². The van der Waals surface area contributed by atoms with E-state index in [9.17, 15) is 4.79 Å². The first kappa shape index (κ1) is 10.8. The number of hydrogen-bond donors (Lipinski definition) is 2. The number of nitrogen functional groups attached to an aromatic ring is 2. The highest BCUT2D eigenvalue weighted by Crippen LogP contribution is 2.35. The van der Waals surface area contributed by atoms with Crippen LogP contribution in [0.15, 0.2) is 42.5 Å². The summed E-state index contributed by atoms with van der Waals surface area (Å²) in [5.41, 5.74) is 15.6. The van der Waals surface area contributed by atoms with Gasteiger partial charge in [0.1, 0.15) is 0 Å². The van der Waals surface area contributed by atoms with Gasteiger partial charge in [-0.1, -0.05) is 18.2 Å². The third kappa shape index (κ3) is 1.64. The Hall–Kier alpha value is -2.29. The zero-order valence-corrected chi connectivity index (χ0v) is 9.89. The first-order chi connectivity index (χ1) is 8.65. The summed E-state index contributed by atoms with van der Waals surface area (Å²) in [4.78, 5) is 12.4. The highest BCUT2D eigenvalue weighted by molar-refractivity contribution is 6.06. The molecular formula is C15H14N2O. The molecule has 0 aromatic heterocycles. The molecule has 0 bridgehead atoms. The Morgan fingerprint density at radius 2 is 1.78 bits per heavy atom. The maximum absolute atomic E-state index is 12.4. The SMILES string of the molecule is Nc1cccc(C2Cc3ccc(N)cc3C2=O)c1. The summed E-state index contributed by atoms with van der Waals surface area (Å²) in [6.45, 7) is 0. The first-order valence-electron chi connectivity index (χ1n) is 5.93. The van der Waals surface area contributed by atoms with E-state index in [0.717, 1.165) is 23.1 Å². The number of hydrogen-bond acceptors (Lipinski definition) is 3. The predicted molar refractivity (Wildman–Crippen MR) is 72.5 cm³/mol. The van der Waals surface area contributed by atoms with Gasteiger partial charge in [0, 0.05) is 16.9 Å². The number of nitrogens with two attached hydrogens (primary N) is 2. The lowest BCUT2D eigenvalue weighted by atomic mass is 9.95. The molecule has 1 aliphatic rings. The number of rotatable bonds is 1. The van der Waals surface area contributed by atoms with Crippen molar-refractivity contribution in [1.29, 1.82) is 0 Å². The van der Waals surface area contributed by atoms with E-state index in [2.05, 4.69) is 0 Å². The van der Waals surface area contributed by atoms with E-state index in [1.54, 1.807) is 6.07 Å². The highest BCUT2D eigenvalue weighted by atomic mass is 16.1. The minimum atomic E-state index is -0.120. The fourth-order valence-corrected chi connectivity index (χ4v) is 2.55. The summed E-state index contributed by atoms with van der Waals surface area (Å²) in [6, 6.07) is 13.1. The molecule has 0 saturated heterocycles. The number of ketones is 1. The molecule has 3 rings (SSSR count). The van der Waals surface area contributed by atoms with Crippen molar-refractivity contribution in [2.75, 3.05) is 11.5 Å². The van der Waals surface area contributed by atoms with Gasteiger partial charge in [0.05, 0.1) is 5.92 Å². The van der Waals surface area contributed by atoms with E-state index in [0.29, 0.717) is 11.4 Å². The second-order valence-corrected chi connectivity index (χ2v) is 4.71. The second kappa shape index (κ2) is 3.88. The van der Waals surface area contributed by atoms with Gasteiger partial charge in [0.25, 0.3) is 0 Å². The van der Waals surface area contributed by atoms with Crippen LogP contribution in [0, 0.1) is 0 Å². The average molecular weight is 238 g/mol. The average Bonchev–Trinajstić information content (AvgIpc) is 2.67. The molecule has 2 aromatic carbocycles. The van der Waals surface area contributed by atoms with Crippen molar-refractivity contribution in [3.8, 4) is 0 Å². The van der Waals surface area contributed by atoms with Gasteiger partial charge < -0.3 is 11.5 Å². The fraction of sp³-hybridized carbons (Fsp3) is 0.133. The monoisotopic (exact) mass is 238 g/mol. The zero-order valence-electron chi connectivity index (χ0n) is 9.89. The molecule has 0 saturated carbocycles. The normalized spacial score (nSPS) is 17.8. The zero-order chi connectivity index (χ0) is 12.7. The van der Waals surface area contributed by atoms with Crippen LogP contribution in [0.1, 0.15) is 27.4 Å². The molecule has 0 aliphatic heterocycles. The van der Waals surface area contributed by atoms with Crippen molar-refractivity contribution in [2.24, 2.45) is 0 Å². The van der Waals surface area contributed by atoms with Crippen LogP contribution >= 0.6 is 0 Å². The topological polar surface area (TPSA) is 69.1 Å². The Kier molecular flexibility index (Phi) is 2.33. The van der Waals surface area contributed by atoms with Crippen LogP contribution in [-0.4, -0.2) is 5.78 Å². The van der Waals surface area contributed by atoms with Crippen molar-refractivity contribution in [3.05, 3.63) is 59.2 Å². The minimum Gasteiger partial charge on any atom is -0.399 e. The Morgan fingerprint density at radius 3 is 2.56 bits per heavy atom. The van der Waals surface area contributed by atoms with E-state index in [1.807, 2.05) is 36.4 Å². The number of fused-ring (bicyclic) bond motifs is 1. The second-order valence-electron chi connectivity index (χ2n) is 4.71. The van der Waals surface area contributed by atoms with E-state index < -0.39 is 0 Å². The summed E-state index contributed by atoms with van der Waals surface area (Å²) in [5.74, 6) is 0.0215. The fourth-order valence-electron chi connectivity index (χ4n) is 2.55. The third-order valence-corrected chi connectivity index (χ3v) is 3.45. The molecule has 0 fully saturated rings. The van der Waals surface area contributed by atoms with Crippen LogP contribution in [-0.2, 0) is 6.42 Å². The van der Waals surface area contributed by atoms with Gasteiger partial charge in [-0.3, -0.25) is 4.79 Å². The van der Waals surface area contributed by atoms with E-state index in [4.69, 9.17) is 11.5 Å². The third-order valence-electron chi connectivity index (χ3n) is 3.45. The van der Waals surface area contributed by atoms with Gasteiger partial charge in [0.2, 0.25) is 0 Å². The van der Waals surface area contributed by atoms with Gasteiger partial charge in [0.15, 0.2) is 5.78 Å². The van der Waals surface area contributed by atoms with Gasteiger partial charge >= 0.3 is 0 Å². The summed E-state index contributed by atoms with van der Waals surface area (Å²) in [7, 11) is 0. The molecule has 0 heterocycles. The van der Waals surface area contributed by atoms with Crippen molar-refractivity contribution >= 4 is 17.2 Å². The molecule has 1 unspecified atom stereocenters. The van der Waals surface area contributed by atoms with Crippen LogP contribution in [0.4, 0.5) is 11.4 Å². The molecule has 1 atom stereocenters. The minimum absolute atomic E-state index is 0.120. The van der Waals surface area contributed by atoms with Gasteiger partial charge in [-0.2, -0.15) is 0 Å². The Labute approximate surface area is 105 Å². The quantitative estimate of drug-likeness (QED) is 0.749. The molecule has 1 aliphatic carbocycles. The van der Waals surface area contributed by atoms with Gasteiger partial charge in [-0.15, -0.1) is 0 Å². The van der Waals surface area contributed by atoms with Crippen LogP contribution in [0.5, 0.6) is 0 Å². The van der Waals surface area contributed by atoms with Crippen molar-refractivity contribution < 1.29 is 4.79 Å². The maximum Gasteiger partial charge on any atom is 0.170 e. The molecule has 0 radical (unpaired) electrons. The molecule has 3 heteroatoms. The predicted octanol–water partition coefficient (Wildman–Crippen LogP) is 2.37. The smallest absolute Gasteiger partial charge is 0.170 e. The summed E-state index contributed by atoms with van der Waals surface area (Å²) < 4.78 is 0. The van der Waals surface area contributed by atoms with E-state index in [1.165, 1.54) is 0 Å². The van der Waals surface area contributed by atoms with Crippen molar-refractivity contribution in [3.63, 3.8) is 0 Å². The van der Waals surface area contributed by atoms with E-state index >= 15 is 0 Å². The van der Waals surface area contributed by atoms with Crippen LogP contribution in [0.3, 0.4) is 0 Å². The number of carbonyl (C=O) groups excluding carboxylic acids is 1. The highest BCUT2D eigenvalue weighted by Gasteiger charge is 2.31. The Morgan fingerprint density at radius 1 is 1.00 bits per heavy atom. The van der Waals surface area contributed by atoms with Crippen LogP contribution < -0.4 is 11.5 Å². The maximum atomic E-state index is 12.4. The van der Waals surface area contributed by atoms with E-state index in [-0.39, 0.29) is 11.7 Å². The largest absolute Gasteiger partial charge is 0.399 e. The lowest BCUT2D eigenvalue weighted by Gasteiger charge is -2.08. The first-order valence-corrected chi connectivity index (χ1v) is 5.93. The Bertz CT molecular complexity index is 634.